The molecule has 0 radical (unpaired) electrons. The fourth-order valence-electron chi connectivity index (χ4n) is 6.80. The molecule has 0 amide bonds. The lowest BCUT2D eigenvalue weighted by Gasteiger charge is -2.18. The molecule has 0 saturated carbocycles. The third-order valence-electron chi connectivity index (χ3n) is 8.70. The van der Waals surface area contributed by atoms with Crippen LogP contribution in [0, 0.1) is 0 Å². The average Bonchev–Trinajstić information content (AvgIpc) is 3.48. The molecule has 1 heterocycles. The Hall–Kier alpha value is -5.66. The van der Waals surface area contributed by atoms with Gasteiger partial charge in [0, 0.05) is 10.8 Å². The second-order valence-electron chi connectivity index (χ2n) is 11.1. The highest BCUT2D eigenvalue weighted by molar-refractivity contribution is 6.25. The Bertz CT molecular complexity index is 2570. The van der Waals surface area contributed by atoms with Crippen molar-refractivity contribution in [3.8, 4) is 33.4 Å². The van der Waals surface area contributed by atoms with Gasteiger partial charge in [-0.3, -0.25) is 0 Å². The van der Waals surface area contributed by atoms with Crippen molar-refractivity contribution in [2.24, 2.45) is 0 Å². The van der Waals surface area contributed by atoms with Gasteiger partial charge >= 0.3 is 0 Å². The highest BCUT2D eigenvalue weighted by atomic mass is 16.3. The van der Waals surface area contributed by atoms with Crippen LogP contribution in [0.5, 0.6) is 0 Å². The molecular formula is C42H26O. The van der Waals surface area contributed by atoms with E-state index in [1.807, 2.05) is 42.5 Å². The molecule has 200 valence electrons. The molecule has 0 N–H and O–H groups in total. The number of para-hydroxylation sites is 1. The molecule has 0 aliphatic heterocycles. The fraction of sp³-hybridized carbons (Fsp3) is 0. The molecular weight excluding hydrogens is 520 g/mol. The van der Waals surface area contributed by atoms with E-state index < -0.39 is 0 Å². The summed E-state index contributed by atoms with van der Waals surface area (Å²) in [4.78, 5) is 0. The molecule has 9 rings (SSSR count). The Morgan fingerprint density at radius 1 is 0.419 bits per heavy atom. The SMILES string of the molecule is [2H]c1ccc2cc(-c3cccc(-c4c5ccccc5c(-c5ccc([2H])c6oc7ccccc7c56)c5ccccc45)c3)ccc2c1. The van der Waals surface area contributed by atoms with Gasteiger partial charge in [-0.1, -0.05) is 133 Å². The Balaban J connectivity index is 1.33. The molecule has 1 aromatic heterocycles. The zero-order chi connectivity index (χ0) is 30.1. The van der Waals surface area contributed by atoms with Crippen molar-refractivity contribution < 1.29 is 7.16 Å². The van der Waals surface area contributed by atoms with Crippen LogP contribution in [0.1, 0.15) is 2.74 Å². The summed E-state index contributed by atoms with van der Waals surface area (Å²) < 4.78 is 22.9. The number of benzene rings is 8. The maximum Gasteiger partial charge on any atom is 0.136 e. The van der Waals surface area contributed by atoms with Crippen LogP contribution in [0.4, 0.5) is 0 Å². The zero-order valence-corrected chi connectivity index (χ0v) is 23.3. The number of fused-ring (bicyclic) bond motifs is 6. The molecule has 1 nitrogen and oxygen atoms in total. The highest BCUT2D eigenvalue weighted by Gasteiger charge is 2.20. The Kier molecular flexibility index (Phi) is 4.83. The third kappa shape index (κ3) is 3.72. The van der Waals surface area contributed by atoms with Gasteiger partial charge in [-0.2, -0.15) is 0 Å². The molecule has 0 spiro atoms. The van der Waals surface area contributed by atoms with Crippen molar-refractivity contribution in [3.63, 3.8) is 0 Å². The Morgan fingerprint density at radius 2 is 1.09 bits per heavy atom. The fourth-order valence-corrected chi connectivity index (χ4v) is 6.80. The van der Waals surface area contributed by atoms with Crippen LogP contribution in [0.2, 0.25) is 0 Å². The first-order chi connectivity index (χ1) is 22.1. The van der Waals surface area contributed by atoms with Gasteiger partial charge < -0.3 is 4.42 Å². The summed E-state index contributed by atoms with van der Waals surface area (Å²) in [5.41, 5.74) is 8.31. The van der Waals surface area contributed by atoms with Crippen LogP contribution in [0.15, 0.2) is 162 Å². The van der Waals surface area contributed by atoms with Gasteiger partial charge in [0.2, 0.25) is 0 Å². The third-order valence-corrected chi connectivity index (χ3v) is 8.70. The smallest absolute Gasteiger partial charge is 0.136 e. The molecule has 0 aliphatic rings. The lowest BCUT2D eigenvalue weighted by atomic mass is 9.84. The summed E-state index contributed by atoms with van der Waals surface area (Å²) in [6.07, 6.45) is 0. The van der Waals surface area contributed by atoms with Gasteiger partial charge in [0.15, 0.2) is 0 Å². The van der Waals surface area contributed by atoms with Crippen LogP contribution in [-0.2, 0) is 0 Å². The zero-order valence-electron chi connectivity index (χ0n) is 25.3. The monoisotopic (exact) mass is 548 g/mol. The maximum absolute atomic E-state index is 8.67. The predicted molar refractivity (Wildman–Crippen MR) is 183 cm³/mol. The molecule has 0 unspecified atom stereocenters. The summed E-state index contributed by atoms with van der Waals surface area (Å²) in [5, 5.41) is 8.91. The standard InChI is InChI=1S/C42H26O/c1-2-12-28-25-30(24-23-27(28)11-1)29-13-9-14-31(26-29)40-32-15-3-5-17-34(32)41(35-18-6-4-16-33(35)40)37-20-10-22-39-42(37)36-19-7-8-21-38(36)43-39/h1-26H/i1D,22D. The van der Waals surface area contributed by atoms with Crippen molar-refractivity contribution in [2.45, 2.75) is 0 Å². The first kappa shape index (κ1) is 22.0. The molecule has 9 aromatic rings. The number of rotatable bonds is 3. The lowest BCUT2D eigenvalue weighted by molar-refractivity contribution is 0.669. The largest absolute Gasteiger partial charge is 0.456 e. The summed E-state index contributed by atoms with van der Waals surface area (Å²) in [6, 6.07) is 51.4. The summed E-state index contributed by atoms with van der Waals surface area (Å²) in [7, 11) is 0. The summed E-state index contributed by atoms with van der Waals surface area (Å²) in [6.45, 7) is 0. The second kappa shape index (κ2) is 9.44. The lowest BCUT2D eigenvalue weighted by Crippen LogP contribution is -1.91. The topological polar surface area (TPSA) is 13.1 Å². The Labute approximate surface area is 252 Å². The van der Waals surface area contributed by atoms with Crippen LogP contribution in [0.3, 0.4) is 0 Å². The van der Waals surface area contributed by atoms with Crippen molar-refractivity contribution >= 4 is 54.3 Å². The Morgan fingerprint density at radius 3 is 1.88 bits per heavy atom. The van der Waals surface area contributed by atoms with E-state index in [9.17, 15) is 0 Å². The minimum absolute atomic E-state index is 0.390. The molecule has 0 atom stereocenters. The number of hydrogen-bond donors (Lipinski definition) is 0. The van der Waals surface area contributed by atoms with Crippen molar-refractivity contribution in [1.82, 2.24) is 0 Å². The van der Waals surface area contributed by atoms with Gasteiger partial charge in [-0.05, 0) is 89.9 Å². The summed E-state index contributed by atoms with van der Waals surface area (Å²) >= 11 is 0. The number of furan rings is 1. The van der Waals surface area contributed by atoms with Crippen LogP contribution in [-0.4, -0.2) is 0 Å². The second-order valence-corrected chi connectivity index (χ2v) is 11.1. The summed E-state index contributed by atoms with van der Waals surface area (Å²) in [5.74, 6) is 0. The van der Waals surface area contributed by atoms with Crippen LogP contribution < -0.4 is 0 Å². The molecule has 0 saturated heterocycles. The molecule has 43 heavy (non-hydrogen) atoms. The van der Waals surface area contributed by atoms with E-state index >= 15 is 0 Å². The van der Waals surface area contributed by atoms with Gasteiger partial charge in [-0.25, -0.2) is 0 Å². The first-order valence-corrected chi connectivity index (χ1v) is 14.6. The minimum atomic E-state index is 0.390. The molecule has 0 bridgehead atoms. The predicted octanol–water partition coefficient (Wildman–Crippen LogP) is 12.0. The van der Waals surface area contributed by atoms with Crippen LogP contribution in [0.25, 0.3) is 87.6 Å². The van der Waals surface area contributed by atoms with Crippen LogP contribution >= 0.6 is 0 Å². The van der Waals surface area contributed by atoms with E-state index in [4.69, 9.17) is 7.16 Å². The van der Waals surface area contributed by atoms with Gasteiger partial charge in [0.1, 0.15) is 11.2 Å². The van der Waals surface area contributed by atoms with Gasteiger partial charge in [0.05, 0.1) is 2.74 Å². The molecule has 1 heteroatoms. The van der Waals surface area contributed by atoms with E-state index in [0.717, 1.165) is 65.7 Å². The van der Waals surface area contributed by atoms with Crippen molar-refractivity contribution in [1.29, 1.82) is 0 Å². The van der Waals surface area contributed by atoms with Gasteiger partial charge in [0.25, 0.3) is 0 Å². The van der Waals surface area contributed by atoms with Crippen molar-refractivity contribution in [3.05, 3.63) is 158 Å². The van der Waals surface area contributed by atoms with E-state index in [1.165, 1.54) is 16.3 Å². The number of hydrogen-bond acceptors (Lipinski definition) is 1. The maximum atomic E-state index is 8.67. The minimum Gasteiger partial charge on any atom is -0.456 e. The van der Waals surface area contributed by atoms with Crippen molar-refractivity contribution in [2.75, 3.05) is 0 Å². The normalized spacial score (nSPS) is 12.4. The molecule has 0 fully saturated rings. The van der Waals surface area contributed by atoms with Gasteiger partial charge in [-0.15, -0.1) is 0 Å². The molecule has 8 aromatic carbocycles. The van der Waals surface area contributed by atoms with E-state index in [2.05, 4.69) is 103 Å². The highest BCUT2D eigenvalue weighted by Crippen LogP contribution is 2.47. The molecule has 0 aliphatic carbocycles. The van der Waals surface area contributed by atoms with E-state index in [-0.39, 0.29) is 0 Å². The average molecular weight is 549 g/mol. The first-order valence-electron chi connectivity index (χ1n) is 15.6. The van der Waals surface area contributed by atoms with E-state index in [0.29, 0.717) is 17.7 Å². The van der Waals surface area contributed by atoms with E-state index in [1.54, 1.807) is 0 Å². The quantitative estimate of drug-likeness (QED) is 0.200.